The SMILES string of the molecule is OCCC=CCN(O)CCO. The molecule has 0 aromatic carbocycles. The van der Waals surface area contributed by atoms with E-state index >= 15 is 0 Å². The monoisotopic (exact) mass is 161 g/mol. The first kappa shape index (κ1) is 10.6. The summed E-state index contributed by atoms with van der Waals surface area (Å²) in [6, 6.07) is 0. The van der Waals surface area contributed by atoms with Gasteiger partial charge >= 0.3 is 0 Å². The van der Waals surface area contributed by atoms with Gasteiger partial charge in [-0.1, -0.05) is 12.2 Å². The van der Waals surface area contributed by atoms with Gasteiger partial charge in [-0.05, 0) is 6.42 Å². The van der Waals surface area contributed by atoms with Crippen LogP contribution in [0.25, 0.3) is 0 Å². The first-order chi connectivity index (χ1) is 5.31. The van der Waals surface area contributed by atoms with Crippen LogP contribution in [0, 0.1) is 0 Å². The van der Waals surface area contributed by atoms with Crippen LogP contribution >= 0.6 is 0 Å². The molecule has 0 aliphatic carbocycles. The van der Waals surface area contributed by atoms with E-state index in [1.165, 1.54) is 0 Å². The van der Waals surface area contributed by atoms with Crippen LogP contribution in [0.5, 0.6) is 0 Å². The Kier molecular flexibility index (Phi) is 7.39. The minimum atomic E-state index is -0.0513. The topological polar surface area (TPSA) is 63.9 Å². The summed E-state index contributed by atoms with van der Waals surface area (Å²) in [7, 11) is 0. The zero-order chi connectivity index (χ0) is 8.53. The molecule has 0 saturated heterocycles. The number of aliphatic hydroxyl groups excluding tert-OH is 2. The van der Waals surface area contributed by atoms with E-state index in [0.29, 0.717) is 13.0 Å². The molecule has 0 aliphatic heterocycles. The maximum atomic E-state index is 8.91. The molecular formula is C7H15NO3. The van der Waals surface area contributed by atoms with Crippen LogP contribution in [-0.2, 0) is 0 Å². The summed E-state index contributed by atoms with van der Waals surface area (Å²) in [4.78, 5) is 0. The number of hydroxylamine groups is 2. The molecule has 0 bridgehead atoms. The van der Waals surface area contributed by atoms with Gasteiger partial charge in [0.2, 0.25) is 0 Å². The average molecular weight is 161 g/mol. The molecule has 4 heteroatoms. The van der Waals surface area contributed by atoms with Crippen molar-refractivity contribution in [3.8, 4) is 0 Å². The number of nitrogens with zero attached hydrogens (tertiary/aromatic N) is 1. The van der Waals surface area contributed by atoms with Crippen LogP contribution in [0.15, 0.2) is 12.2 Å². The Morgan fingerprint density at radius 1 is 1.09 bits per heavy atom. The predicted octanol–water partition coefficient (Wildman–Crippen LogP) is -0.392. The summed E-state index contributed by atoms with van der Waals surface area (Å²) in [5, 5.41) is 26.7. The highest BCUT2D eigenvalue weighted by atomic mass is 16.5. The van der Waals surface area contributed by atoms with E-state index in [1.807, 2.05) is 0 Å². The zero-order valence-corrected chi connectivity index (χ0v) is 6.48. The van der Waals surface area contributed by atoms with Crippen LogP contribution in [0.2, 0.25) is 0 Å². The molecule has 0 aromatic heterocycles. The smallest absolute Gasteiger partial charge is 0.0581 e. The van der Waals surface area contributed by atoms with Crippen LogP contribution < -0.4 is 0 Å². The number of aliphatic hydroxyl groups is 2. The minimum Gasteiger partial charge on any atom is -0.396 e. The minimum absolute atomic E-state index is 0.0513. The van der Waals surface area contributed by atoms with Gasteiger partial charge in [0.25, 0.3) is 0 Å². The quantitative estimate of drug-likeness (QED) is 0.366. The van der Waals surface area contributed by atoms with Crippen LogP contribution in [0.4, 0.5) is 0 Å². The second-order valence-corrected chi connectivity index (χ2v) is 2.12. The fraction of sp³-hybridized carbons (Fsp3) is 0.714. The molecule has 0 spiro atoms. The van der Waals surface area contributed by atoms with Gasteiger partial charge in [-0.3, -0.25) is 0 Å². The summed E-state index contributed by atoms with van der Waals surface area (Å²) < 4.78 is 0. The van der Waals surface area contributed by atoms with Crippen molar-refractivity contribution in [2.75, 3.05) is 26.3 Å². The largest absolute Gasteiger partial charge is 0.396 e. The summed E-state index contributed by atoms with van der Waals surface area (Å²) in [6.07, 6.45) is 4.12. The highest BCUT2D eigenvalue weighted by molar-refractivity contribution is 4.82. The second kappa shape index (κ2) is 7.68. The fourth-order valence-corrected chi connectivity index (χ4v) is 0.595. The zero-order valence-electron chi connectivity index (χ0n) is 6.48. The van der Waals surface area contributed by atoms with E-state index in [4.69, 9.17) is 15.4 Å². The lowest BCUT2D eigenvalue weighted by atomic mass is 10.4. The van der Waals surface area contributed by atoms with Crippen molar-refractivity contribution in [2.45, 2.75) is 6.42 Å². The summed E-state index contributed by atoms with van der Waals surface area (Å²) in [5.74, 6) is 0. The van der Waals surface area contributed by atoms with Gasteiger partial charge in [-0.2, -0.15) is 5.06 Å². The van der Waals surface area contributed by atoms with Gasteiger partial charge in [0.15, 0.2) is 0 Å². The van der Waals surface area contributed by atoms with E-state index in [0.717, 1.165) is 5.06 Å². The molecule has 0 saturated carbocycles. The standard InChI is InChI=1S/C7H15NO3/c9-6-3-1-2-4-8(11)5-7-10/h1-2,9-11H,3-7H2. The highest BCUT2D eigenvalue weighted by Gasteiger charge is 1.92. The summed E-state index contributed by atoms with van der Waals surface area (Å²) >= 11 is 0. The fourth-order valence-electron chi connectivity index (χ4n) is 0.595. The number of rotatable bonds is 6. The lowest BCUT2D eigenvalue weighted by Gasteiger charge is -2.08. The molecule has 0 atom stereocenters. The lowest BCUT2D eigenvalue weighted by Crippen LogP contribution is -2.22. The molecule has 3 N–H and O–H groups in total. The third-order valence-corrected chi connectivity index (χ3v) is 1.14. The number of hydrogen-bond donors (Lipinski definition) is 3. The van der Waals surface area contributed by atoms with Gasteiger partial charge in [-0.15, -0.1) is 0 Å². The first-order valence-corrected chi connectivity index (χ1v) is 3.61. The van der Waals surface area contributed by atoms with Gasteiger partial charge in [0, 0.05) is 19.7 Å². The molecule has 0 heterocycles. The lowest BCUT2D eigenvalue weighted by molar-refractivity contribution is -0.0882. The van der Waals surface area contributed by atoms with Crippen molar-refractivity contribution in [1.82, 2.24) is 5.06 Å². The van der Waals surface area contributed by atoms with Gasteiger partial charge in [0.1, 0.15) is 0 Å². The van der Waals surface area contributed by atoms with E-state index in [-0.39, 0.29) is 19.8 Å². The van der Waals surface area contributed by atoms with Crippen molar-refractivity contribution in [3.63, 3.8) is 0 Å². The van der Waals surface area contributed by atoms with Crippen molar-refractivity contribution in [2.24, 2.45) is 0 Å². The molecule has 4 nitrogen and oxygen atoms in total. The third kappa shape index (κ3) is 7.48. The molecule has 0 fully saturated rings. The highest BCUT2D eigenvalue weighted by Crippen LogP contribution is 1.84. The Hall–Kier alpha value is -0.420. The molecule has 0 aliphatic rings. The Balaban J connectivity index is 3.21. The van der Waals surface area contributed by atoms with E-state index in [9.17, 15) is 0 Å². The van der Waals surface area contributed by atoms with Crippen molar-refractivity contribution in [1.29, 1.82) is 0 Å². The Morgan fingerprint density at radius 3 is 2.36 bits per heavy atom. The van der Waals surface area contributed by atoms with E-state index < -0.39 is 0 Å². The van der Waals surface area contributed by atoms with Crippen LogP contribution in [-0.4, -0.2) is 46.8 Å². The Labute approximate surface area is 66.3 Å². The van der Waals surface area contributed by atoms with Crippen molar-refractivity contribution < 1.29 is 15.4 Å². The van der Waals surface area contributed by atoms with Crippen molar-refractivity contribution >= 4 is 0 Å². The molecule has 0 unspecified atom stereocenters. The molecule has 0 radical (unpaired) electrons. The van der Waals surface area contributed by atoms with E-state index in [1.54, 1.807) is 12.2 Å². The van der Waals surface area contributed by atoms with Gasteiger partial charge in [0.05, 0.1) is 6.61 Å². The number of hydrogen-bond acceptors (Lipinski definition) is 4. The van der Waals surface area contributed by atoms with E-state index in [2.05, 4.69) is 0 Å². The first-order valence-electron chi connectivity index (χ1n) is 3.61. The van der Waals surface area contributed by atoms with Gasteiger partial charge in [-0.25, -0.2) is 0 Å². The molecule has 0 amide bonds. The Morgan fingerprint density at radius 2 is 1.82 bits per heavy atom. The molecular weight excluding hydrogens is 146 g/mol. The molecule has 0 aromatic rings. The van der Waals surface area contributed by atoms with Crippen LogP contribution in [0.3, 0.4) is 0 Å². The Bertz CT molecular complexity index is 106. The summed E-state index contributed by atoms with van der Waals surface area (Å²) in [6.45, 7) is 0.719. The normalized spacial score (nSPS) is 11.6. The van der Waals surface area contributed by atoms with Crippen LogP contribution in [0.1, 0.15) is 6.42 Å². The third-order valence-electron chi connectivity index (χ3n) is 1.14. The molecule has 66 valence electrons. The van der Waals surface area contributed by atoms with Gasteiger partial charge < -0.3 is 15.4 Å². The van der Waals surface area contributed by atoms with Crippen molar-refractivity contribution in [3.05, 3.63) is 12.2 Å². The second-order valence-electron chi connectivity index (χ2n) is 2.12. The molecule has 11 heavy (non-hydrogen) atoms. The predicted molar refractivity (Wildman–Crippen MR) is 41.3 cm³/mol. The summed E-state index contributed by atoms with van der Waals surface area (Å²) in [5.41, 5.74) is 0. The maximum absolute atomic E-state index is 8.91. The maximum Gasteiger partial charge on any atom is 0.0581 e. The molecule has 0 rings (SSSR count). The average Bonchev–Trinajstić information content (AvgIpc) is 1.99.